The van der Waals surface area contributed by atoms with E-state index < -0.39 is 0 Å². The minimum atomic E-state index is -0.180. The van der Waals surface area contributed by atoms with E-state index in [-0.39, 0.29) is 5.91 Å². The molecule has 3 aromatic rings. The van der Waals surface area contributed by atoms with Crippen molar-refractivity contribution < 1.29 is 14.3 Å². The van der Waals surface area contributed by atoms with Crippen molar-refractivity contribution in [2.45, 2.75) is 26.2 Å². The summed E-state index contributed by atoms with van der Waals surface area (Å²) >= 11 is 0. The lowest BCUT2D eigenvalue weighted by Crippen LogP contribution is -2.08. The molecular formula is C25H27NO3. The average molecular weight is 389 g/mol. The standard InChI is InChI=1S/C25H27NO3/c1-3-4-7-17-29-23-15-13-19(18-24(23)28-2)14-16-25(27)26-22-12-8-10-20-9-5-6-11-21(20)22/h5-6,8-16,18H,3-4,7,17H2,1-2H3,(H,26,27)/b16-14+. The molecule has 0 atom stereocenters. The Morgan fingerprint density at radius 3 is 2.66 bits per heavy atom. The van der Waals surface area contributed by atoms with Crippen LogP contribution in [0.4, 0.5) is 5.69 Å². The number of fused-ring (bicyclic) bond motifs is 1. The first kappa shape index (κ1) is 20.5. The largest absolute Gasteiger partial charge is 0.493 e. The fraction of sp³-hybridized carbons (Fsp3) is 0.240. The summed E-state index contributed by atoms with van der Waals surface area (Å²) in [4.78, 5) is 12.4. The zero-order valence-electron chi connectivity index (χ0n) is 17.0. The highest BCUT2D eigenvalue weighted by Crippen LogP contribution is 2.29. The first-order chi connectivity index (χ1) is 14.2. The highest BCUT2D eigenvalue weighted by molar-refractivity contribution is 6.07. The molecule has 0 unspecified atom stereocenters. The molecule has 3 rings (SSSR count). The Bertz CT molecular complexity index is 989. The molecule has 4 nitrogen and oxygen atoms in total. The number of rotatable bonds is 9. The van der Waals surface area contributed by atoms with Gasteiger partial charge in [0.25, 0.3) is 0 Å². The molecule has 150 valence electrons. The Hall–Kier alpha value is -3.27. The number of methoxy groups -OCH3 is 1. The molecule has 0 aliphatic rings. The molecule has 1 N–H and O–H groups in total. The van der Waals surface area contributed by atoms with Crippen molar-refractivity contribution in [2.75, 3.05) is 19.0 Å². The fourth-order valence-electron chi connectivity index (χ4n) is 3.12. The minimum Gasteiger partial charge on any atom is -0.493 e. The van der Waals surface area contributed by atoms with Gasteiger partial charge in [0.1, 0.15) is 0 Å². The monoisotopic (exact) mass is 389 g/mol. The van der Waals surface area contributed by atoms with Gasteiger partial charge in [0, 0.05) is 17.1 Å². The Balaban J connectivity index is 1.66. The van der Waals surface area contributed by atoms with E-state index >= 15 is 0 Å². The van der Waals surface area contributed by atoms with Gasteiger partial charge in [-0.1, -0.05) is 62.2 Å². The van der Waals surface area contributed by atoms with E-state index in [9.17, 15) is 4.79 Å². The third-order valence-corrected chi connectivity index (χ3v) is 4.67. The topological polar surface area (TPSA) is 47.6 Å². The Kier molecular flexibility index (Phi) is 7.28. The van der Waals surface area contributed by atoms with Crippen LogP contribution in [0.5, 0.6) is 11.5 Å². The fourth-order valence-corrected chi connectivity index (χ4v) is 3.12. The van der Waals surface area contributed by atoms with Crippen LogP contribution in [0.2, 0.25) is 0 Å². The normalized spacial score (nSPS) is 11.0. The van der Waals surface area contributed by atoms with Gasteiger partial charge in [-0.15, -0.1) is 0 Å². The number of nitrogens with one attached hydrogen (secondary N) is 1. The molecule has 0 heterocycles. The zero-order chi connectivity index (χ0) is 20.5. The van der Waals surface area contributed by atoms with Crippen LogP contribution < -0.4 is 14.8 Å². The molecule has 0 aliphatic heterocycles. The number of amides is 1. The second-order valence-corrected chi connectivity index (χ2v) is 6.82. The third kappa shape index (κ3) is 5.61. The minimum absolute atomic E-state index is 0.180. The van der Waals surface area contributed by atoms with Crippen molar-refractivity contribution in [3.63, 3.8) is 0 Å². The summed E-state index contributed by atoms with van der Waals surface area (Å²) in [5.41, 5.74) is 1.67. The molecule has 0 radical (unpaired) electrons. The number of benzene rings is 3. The van der Waals surface area contributed by atoms with E-state index in [1.165, 1.54) is 6.08 Å². The predicted molar refractivity (Wildman–Crippen MR) is 120 cm³/mol. The molecule has 3 aromatic carbocycles. The van der Waals surface area contributed by atoms with Gasteiger partial charge in [0.05, 0.1) is 13.7 Å². The van der Waals surface area contributed by atoms with Crippen LogP contribution in [0, 0.1) is 0 Å². The summed E-state index contributed by atoms with van der Waals surface area (Å²) in [5, 5.41) is 5.06. The SMILES string of the molecule is CCCCCOc1ccc(/C=C/C(=O)Nc2cccc3ccccc23)cc1OC. The second kappa shape index (κ2) is 10.3. The molecular weight excluding hydrogens is 362 g/mol. The molecule has 1 amide bonds. The lowest BCUT2D eigenvalue weighted by molar-refractivity contribution is -0.111. The summed E-state index contributed by atoms with van der Waals surface area (Å²) < 4.78 is 11.2. The Labute approximate surface area is 172 Å². The van der Waals surface area contributed by atoms with Gasteiger partial charge in [-0.05, 0) is 41.6 Å². The van der Waals surface area contributed by atoms with E-state index in [2.05, 4.69) is 12.2 Å². The Morgan fingerprint density at radius 1 is 1.00 bits per heavy atom. The lowest BCUT2D eigenvalue weighted by atomic mass is 10.1. The van der Waals surface area contributed by atoms with E-state index in [0.29, 0.717) is 12.4 Å². The maximum Gasteiger partial charge on any atom is 0.248 e. The van der Waals surface area contributed by atoms with Gasteiger partial charge < -0.3 is 14.8 Å². The highest BCUT2D eigenvalue weighted by atomic mass is 16.5. The van der Waals surface area contributed by atoms with Crippen molar-refractivity contribution in [1.82, 2.24) is 0 Å². The summed E-state index contributed by atoms with van der Waals surface area (Å²) in [5.74, 6) is 1.21. The van der Waals surface area contributed by atoms with E-state index in [0.717, 1.165) is 47.0 Å². The number of hydrogen-bond acceptors (Lipinski definition) is 3. The predicted octanol–water partition coefficient (Wildman–Crippen LogP) is 6.07. The van der Waals surface area contributed by atoms with Crippen molar-refractivity contribution in [3.8, 4) is 11.5 Å². The van der Waals surface area contributed by atoms with Crippen molar-refractivity contribution in [1.29, 1.82) is 0 Å². The van der Waals surface area contributed by atoms with Crippen molar-refractivity contribution in [2.24, 2.45) is 0 Å². The lowest BCUT2D eigenvalue weighted by Gasteiger charge is -2.11. The van der Waals surface area contributed by atoms with Gasteiger partial charge in [0.2, 0.25) is 5.91 Å². The van der Waals surface area contributed by atoms with E-state index in [1.54, 1.807) is 13.2 Å². The first-order valence-corrected chi connectivity index (χ1v) is 9.99. The molecule has 0 saturated heterocycles. The quantitative estimate of drug-likeness (QED) is 0.357. The van der Waals surface area contributed by atoms with Gasteiger partial charge in [-0.25, -0.2) is 0 Å². The number of anilines is 1. The number of carbonyl (C=O) groups excluding carboxylic acids is 1. The summed E-state index contributed by atoms with van der Waals surface area (Å²) in [6.45, 7) is 2.84. The molecule has 29 heavy (non-hydrogen) atoms. The smallest absolute Gasteiger partial charge is 0.248 e. The third-order valence-electron chi connectivity index (χ3n) is 4.67. The van der Waals surface area contributed by atoms with Crippen LogP contribution in [0.3, 0.4) is 0 Å². The molecule has 0 fully saturated rings. The number of carbonyl (C=O) groups is 1. The van der Waals surface area contributed by atoms with Crippen molar-refractivity contribution >= 4 is 28.4 Å². The molecule has 0 aromatic heterocycles. The van der Waals surface area contributed by atoms with Crippen LogP contribution >= 0.6 is 0 Å². The van der Waals surface area contributed by atoms with Gasteiger partial charge >= 0.3 is 0 Å². The van der Waals surface area contributed by atoms with Crippen LogP contribution in [-0.2, 0) is 4.79 Å². The van der Waals surface area contributed by atoms with Crippen LogP contribution in [0.15, 0.2) is 66.7 Å². The van der Waals surface area contributed by atoms with E-state index in [4.69, 9.17) is 9.47 Å². The highest BCUT2D eigenvalue weighted by Gasteiger charge is 2.06. The molecule has 0 bridgehead atoms. The molecule has 0 saturated carbocycles. The number of ether oxygens (including phenoxy) is 2. The van der Waals surface area contributed by atoms with Gasteiger partial charge in [-0.3, -0.25) is 4.79 Å². The number of hydrogen-bond donors (Lipinski definition) is 1. The molecule has 4 heteroatoms. The molecule has 0 aliphatic carbocycles. The maximum atomic E-state index is 12.4. The van der Waals surface area contributed by atoms with Gasteiger partial charge in [-0.2, -0.15) is 0 Å². The average Bonchev–Trinajstić information content (AvgIpc) is 2.76. The van der Waals surface area contributed by atoms with E-state index in [1.807, 2.05) is 60.7 Å². The second-order valence-electron chi connectivity index (χ2n) is 6.82. The summed E-state index contributed by atoms with van der Waals surface area (Å²) in [6.07, 6.45) is 6.62. The summed E-state index contributed by atoms with van der Waals surface area (Å²) in [7, 11) is 1.62. The molecule has 0 spiro atoms. The number of unbranched alkanes of at least 4 members (excludes halogenated alkanes) is 2. The summed E-state index contributed by atoms with van der Waals surface area (Å²) in [6, 6.07) is 19.5. The van der Waals surface area contributed by atoms with Crippen LogP contribution in [0.25, 0.3) is 16.8 Å². The first-order valence-electron chi connectivity index (χ1n) is 9.99. The zero-order valence-corrected chi connectivity index (χ0v) is 17.0. The van der Waals surface area contributed by atoms with Gasteiger partial charge in [0.15, 0.2) is 11.5 Å². The Morgan fingerprint density at radius 2 is 1.83 bits per heavy atom. The van der Waals surface area contributed by atoms with Crippen LogP contribution in [0.1, 0.15) is 31.7 Å². The van der Waals surface area contributed by atoms with Crippen LogP contribution in [-0.4, -0.2) is 19.6 Å². The van der Waals surface area contributed by atoms with Crippen molar-refractivity contribution in [3.05, 3.63) is 72.3 Å². The maximum absolute atomic E-state index is 12.4.